The fraction of sp³-hybridized carbons (Fsp3) is 0.562. The molecule has 1 saturated heterocycles. The average molecular weight is 281 g/mol. The molecule has 0 N–H and O–H groups in total. The highest BCUT2D eigenvalue weighted by atomic mass is 19.1. The Bertz CT molecular complexity index is 471. The largest absolute Gasteiger partial charge is 0.292 e. The summed E-state index contributed by atoms with van der Waals surface area (Å²) in [6.45, 7) is 5.48. The molecule has 20 heavy (non-hydrogen) atoms. The van der Waals surface area contributed by atoms with Gasteiger partial charge >= 0.3 is 0 Å². The van der Waals surface area contributed by atoms with Gasteiger partial charge in [-0.1, -0.05) is 19.9 Å². The molecule has 0 aliphatic carbocycles. The van der Waals surface area contributed by atoms with Crippen molar-refractivity contribution >= 4 is 5.78 Å². The molecule has 1 heterocycles. The molecule has 1 aromatic carbocycles. The van der Waals surface area contributed by atoms with E-state index in [-0.39, 0.29) is 5.56 Å². The summed E-state index contributed by atoms with van der Waals surface area (Å²) in [4.78, 5) is 14.9. The van der Waals surface area contributed by atoms with Crippen molar-refractivity contribution in [2.24, 2.45) is 0 Å². The lowest BCUT2D eigenvalue weighted by atomic mass is 9.82. The Kier molecular flexibility index (Phi) is 4.53. The van der Waals surface area contributed by atoms with Crippen LogP contribution in [0.1, 0.15) is 49.9 Å². The van der Waals surface area contributed by atoms with Crippen molar-refractivity contribution in [2.75, 3.05) is 13.1 Å². The predicted molar refractivity (Wildman–Crippen MR) is 74.8 cm³/mol. The summed E-state index contributed by atoms with van der Waals surface area (Å²) in [5.74, 6) is -1.94. The number of benzene rings is 1. The predicted octanol–water partition coefficient (Wildman–Crippen LogP) is 3.80. The van der Waals surface area contributed by atoms with Crippen LogP contribution in [0.2, 0.25) is 0 Å². The van der Waals surface area contributed by atoms with Gasteiger partial charge in [0.15, 0.2) is 5.78 Å². The highest BCUT2D eigenvalue weighted by Crippen LogP contribution is 2.33. The van der Waals surface area contributed by atoms with Gasteiger partial charge < -0.3 is 0 Å². The molecule has 0 radical (unpaired) electrons. The maximum Gasteiger partial charge on any atom is 0.188 e. The molecular weight excluding hydrogens is 260 g/mol. The minimum Gasteiger partial charge on any atom is -0.292 e. The number of halogens is 2. The van der Waals surface area contributed by atoms with Gasteiger partial charge in [0.25, 0.3) is 0 Å². The molecule has 0 spiro atoms. The molecule has 1 fully saturated rings. The Labute approximate surface area is 118 Å². The van der Waals surface area contributed by atoms with Gasteiger partial charge in [-0.3, -0.25) is 9.69 Å². The third-order valence-electron chi connectivity index (χ3n) is 4.49. The number of carbonyl (C=O) groups excluding carboxylic acids is 1. The number of likely N-dealkylation sites (tertiary alicyclic amines) is 1. The first-order valence-electron chi connectivity index (χ1n) is 7.30. The zero-order chi connectivity index (χ0) is 14.8. The first kappa shape index (κ1) is 15.1. The molecular formula is C16H21F2NO. The van der Waals surface area contributed by atoms with E-state index in [1.807, 2.05) is 13.8 Å². The Morgan fingerprint density at radius 1 is 1.15 bits per heavy atom. The summed E-state index contributed by atoms with van der Waals surface area (Å²) >= 11 is 0. The van der Waals surface area contributed by atoms with E-state index in [0.717, 1.165) is 38.1 Å². The molecule has 0 aromatic heterocycles. The van der Waals surface area contributed by atoms with Gasteiger partial charge in [0, 0.05) is 0 Å². The standard InChI is InChI=1S/C16H21F2NO/c1-3-16(4-2,19-10-5-6-11-19)15(20)14-12(17)8-7-9-13(14)18/h7-9H,3-6,10-11H2,1-2H3. The molecule has 110 valence electrons. The Morgan fingerprint density at radius 2 is 1.65 bits per heavy atom. The molecule has 1 aromatic rings. The van der Waals surface area contributed by atoms with E-state index in [1.165, 1.54) is 6.07 Å². The minimum atomic E-state index is -0.778. The quantitative estimate of drug-likeness (QED) is 0.765. The Balaban J connectivity index is 2.46. The van der Waals surface area contributed by atoms with Gasteiger partial charge in [0.2, 0.25) is 0 Å². The van der Waals surface area contributed by atoms with E-state index in [2.05, 4.69) is 4.90 Å². The van der Waals surface area contributed by atoms with Crippen molar-refractivity contribution in [2.45, 2.75) is 45.1 Å². The molecule has 0 bridgehead atoms. The zero-order valence-electron chi connectivity index (χ0n) is 12.1. The first-order valence-corrected chi connectivity index (χ1v) is 7.30. The number of hydrogen-bond acceptors (Lipinski definition) is 2. The van der Waals surface area contributed by atoms with Crippen molar-refractivity contribution in [3.05, 3.63) is 35.4 Å². The third-order valence-corrected chi connectivity index (χ3v) is 4.49. The van der Waals surface area contributed by atoms with E-state index < -0.39 is 23.0 Å². The molecule has 2 rings (SSSR count). The first-order chi connectivity index (χ1) is 9.56. The van der Waals surface area contributed by atoms with Crippen LogP contribution in [-0.4, -0.2) is 29.3 Å². The van der Waals surface area contributed by atoms with Gasteiger partial charge in [0.05, 0.1) is 11.1 Å². The topological polar surface area (TPSA) is 20.3 Å². The van der Waals surface area contributed by atoms with E-state index in [1.54, 1.807) is 0 Å². The fourth-order valence-electron chi connectivity index (χ4n) is 3.25. The van der Waals surface area contributed by atoms with Gasteiger partial charge in [-0.2, -0.15) is 0 Å². The Hall–Kier alpha value is -1.29. The van der Waals surface area contributed by atoms with E-state index in [4.69, 9.17) is 0 Å². The lowest BCUT2D eigenvalue weighted by Crippen LogP contribution is -2.53. The highest BCUT2D eigenvalue weighted by molar-refractivity contribution is 6.03. The normalized spacial score (nSPS) is 16.6. The summed E-state index contributed by atoms with van der Waals surface area (Å²) < 4.78 is 27.8. The molecule has 2 nitrogen and oxygen atoms in total. The van der Waals surface area contributed by atoms with Crippen LogP contribution in [0.15, 0.2) is 18.2 Å². The van der Waals surface area contributed by atoms with Gasteiger partial charge in [0.1, 0.15) is 11.6 Å². The second-order valence-corrected chi connectivity index (χ2v) is 5.36. The summed E-state index contributed by atoms with van der Waals surface area (Å²) in [6, 6.07) is 3.59. The third kappa shape index (κ3) is 2.37. The molecule has 1 aliphatic heterocycles. The molecule has 0 amide bonds. The summed E-state index contributed by atoms with van der Waals surface area (Å²) in [5.41, 5.74) is -1.16. The van der Waals surface area contributed by atoms with Crippen LogP contribution in [0.4, 0.5) is 8.78 Å². The highest BCUT2D eigenvalue weighted by Gasteiger charge is 2.43. The summed E-state index contributed by atoms with van der Waals surface area (Å²) in [5, 5.41) is 0. The van der Waals surface area contributed by atoms with Crippen molar-refractivity contribution in [1.29, 1.82) is 0 Å². The van der Waals surface area contributed by atoms with Crippen LogP contribution in [0.5, 0.6) is 0 Å². The van der Waals surface area contributed by atoms with Crippen LogP contribution in [0.25, 0.3) is 0 Å². The Morgan fingerprint density at radius 3 is 2.10 bits per heavy atom. The van der Waals surface area contributed by atoms with Crippen LogP contribution in [0, 0.1) is 11.6 Å². The number of hydrogen-bond donors (Lipinski definition) is 0. The smallest absolute Gasteiger partial charge is 0.188 e. The van der Waals surface area contributed by atoms with Crippen molar-refractivity contribution in [3.8, 4) is 0 Å². The molecule has 0 atom stereocenters. The molecule has 4 heteroatoms. The minimum absolute atomic E-state index is 0.386. The van der Waals surface area contributed by atoms with E-state index in [0.29, 0.717) is 12.8 Å². The van der Waals surface area contributed by atoms with Crippen LogP contribution >= 0.6 is 0 Å². The van der Waals surface area contributed by atoms with Crippen molar-refractivity contribution in [3.63, 3.8) is 0 Å². The SMILES string of the molecule is CCC(CC)(C(=O)c1c(F)cccc1F)N1CCCC1. The van der Waals surface area contributed by atoms with E-state index >= 15 is 0 Å². The second kappa shape index (κ2) is 6.00. The molecule has 0 unspecified atom stereocenters. The summed E-state index contributed by atoms with van der Waals surface area (Å²) in [6.07, 6.45) is 3.20. The monoisotopic (exact) mass is 281 g/mol. The maximum atomic E-state index is 13.9. The average Bonchev–Trinajstić information content (AvgIpc) is 2.95. The molecule has 1 aliphatic rings. The van der Waals surface area contributed by atoms with Gasteiger partial charge in [-0.15, -0.1) is 0 Å². The fourth-order valence-corrected chi connectivity index (χ4v) is 3.25. The van der Waals surface area contributed by atoms with Crippen molar-refractivity contribution in [1.82, 2.24) is 4.90 Å². The summed E-state index contributed by atoms with van der Waals surface area (Å²) in [7, 11) is 0. The van der Waals surface area contributed by atoms with Crippen molar-refractivity contribution < 1.29 is 13.6 Å². The number of Topliss-reactive ketones (excluding diaryl/α,β-unsaturated/α-hetero) is 1. The van der Waals surface area contributed by atoms with Crippen LogP contribution in [0.3, 0.4) is 0 Å². The van der Waals surface area contributed by atoms with Gasteiger partial charge in [-0.05, 0) is 50.9 Å². The lowest BCUT2D eigenvalue weighted by Gasteiger charge is -2.39. The number of ketones is 1. The van der Waals surface area contributed by atoms with Crippen LogP contribution in [-0.2, 0) is 0 Å². The second-order valence-electron chi connectivity index (χ2n) is 5.36. The van der Waals surface area contributed by atoms with Crippen LogP contribution < -0.4 is 0 Å². The lowest BCUT2D eigenvalue weighted by molar-refractivity contribution is 0.0572. The molecule has 0 saturated carbocycles. The zero-order valence-corrected chi connectivity index (χ0v) is 12.1. The number of rotatable bonds is 5. The van der Waals surface area contributed by atoms with Gasteiger partial charge in [-0.25, -0.2) is 8.78 Å². The maximum absolute atomic E-state index is 13.9. The number of nitrogens with zero attached hydrogens (tertiary/aromatic N) is 1. The number of carbonyl (C=O) groups is 1. The van der Waals surface area contributed by atoms with E-state index in [9.17, 15) is 13.6 Å².